The molecule has 16 heavy (non-hydrogen) atoms. The van der Waals surface area contributed by atoms with Crippen LogP contribution in [0.3, 0.4) is 0 Å². The average molecular weight is 225 g/mol. The zero-order chi connectivity index (χ0) is 12.2. The summed E-state index contributed by atoms with van der Waals surface area (Å²) in [5.74, 6) is -0.657. The highest BCUT2D eigenvalue weighted by Crippen LogP contribution is 2.05. The molecular formula is C13H23NO2. The van der Waals surface area contributed by atoms with E-state index in [-0.39, 0.29) is 11.8 Å². The van der Waals surface area contributed by atoms with Gasteiger partial charge in [0.1, 0.15) is 0 Å². The predicted molar refractivity (Wildman–Crippen MR) is 66.0 cm³/mol. The van der Waals surface area contributed by atoms with Crippen molar-refractivity contribution in [2.45, 2.75) is 58.8 Å². The van der Waals surface area contributed by atoms with Gasteiger partial charge in [0.25, 0.3) is 11.8 Å². The van der Waals surface area contributed by atoms with E-state index in [2.05, 4.69) is 13.8 Å². The predicted octanol–water partition coefficient (Wildman–Crippen LogP) is 2.96. The Bertz CT molecular complexity index is 212. The highest BCUT2D eigenvalue weighted by Gasteiger charge is 2.06. The van der Waals surface area contributed by atoms with E-state index in [1.54, 1.807) is 0 Å². The highest BCUT2D eigenvalue weighted by atomic mass is 16.2. The second-order valence-electron chi connectivity index (χ2n) is 3.95. The first-order chi connectivity index (χ1) is 7.70. The fourth-order valence-corrected chi connectivity index (χ4v) is 1.39. The summed E-state index contributed by atoms with van der Waals surface area (Å²) in [5, 5.41) is 2.03. The molecule has 3 nitrogen and oxygen atoms in total. The van der Waals surface area contributed by atoms with Gasteiger partial charge < -0.3 is 0 Å². The van der Waals surface area contributed by atoms with Crippen LogP contribution in [-0.4, -0.2) is 11.8 Å². The molecule has 0 unspecified atom stereocenters. The maximum absolute atomic E-state index is 10.0. The van der Waals surface area contributed by atoms with Crippen LogP contribution in [-0.2, 0) is 9.59 Å². The normalized spacial score (nSPS) is 13.4. The molecule has 0 spiro atoms. The topological polar surface area (TPSA) is 46.2 Å². The SMILES string of the molecule is CCCCCCCCC.O=C1C=CC(=O)N1. The van der Waals surface area contributed by atoms with E-state index >= 15 is 0 Å². The fraction of sp³-hybridized carbons (Fsp3) is 0.692. The Morgan fingerprint density at radius 1 is 0.812 bits per heavy atom. The van der Waals surface area contributed by atoms with Gasteiger partial charge in [-0.05, 0) is 0 Å². The number of hydrogen-bond donors (Lipinski definition) is 1. The Hall–Kier alpha value is -1.12. The maximum atomic E-state index is 10.0. The van der Waals surface area contributed by atoms with Crippen LogP contribution < -0.4 is 5.32 Å². The third-order valence-corrected chi connectivity index (χ3v) is 2.34. The van der Waals surface area contributed by atoms with Crippen LogP contribution in [0.5, 0.6) is 0 Å². The standard InChI is InChI=1S/C9H20.C4H3NO2/c1-3-5-7-9-8-6-4-2;6-3-1-2-4(7)5-3/h3-9H2,1-2H3;1-2H,(H,5,6,7). The third-order valence-electron chi connectivity index (χ3n) is 2.34. The van der Waals surface area contributed by atoms with Crippen LogP contribution in [0.4, 0.5) is 0 Å². The molecule has 1 heterocycles. The summed E-state index contributed by atoms with van der Waals surface area (Å²) in [4.78, 5) is 20.1. The van der Waals surface area contributed by atoms with E-state index in [1.807, 2.05) is 5.32 Å². The Morgan fingerprint density at radius 2 is 1.19 bits per heavy atom. The molecule has 1 rings (SSSR count). The van der Waals surface area contributed by atoms with Crippen molar-refractivity contribution in [1.29, 1.82) is 0 Å². The quantitative estimate of drug-likeness (QED) is 0.558. The van der Waals surface area contributed by atoms with Crippen molar-refractivity contribution in [1.82, 2.24) is 5.32 Å². The lowest BCUT2D eigenvalue weighted by Gasteiger charge is -1.96. The summed E-state index contributed by atoms with van der Waals surface area (Å²) < 4.78 is 0. The Balaban J connectivity index is 0.000000288. The van der Waals surface area contributed by atoms with E-state index in [9.17, 15) is 9.59 Å². The molecule has 0 aliphatic carbocycles. The number of carbonyl (C=O) groups excluding carboxylic acids is 2. The van der Waals surface area contributed by atoms with E-state index in [4.69, 9.17) is 0 Å². The van der Waals surface area contributed by atoms with Gasteiger partial charge in [0.05, 0.1) is 0 Å². The minimum absolute atomic E-state index is 0.329. The summed E-state index contributed by atoms with van der Waals surface area (Å²) in [6.45, 7) is 4.53. The number of unbranched alkanes of at least 4 members (excludes halogenated alkanes) is 6. The summed E-state index contributed by atoms with van der Waals surface area (Å²) in [5.41, 5.74) is 0. The third kappa shape index (κ3) is 9.44. The summed E-state index contributed by atoms with van der Waals surface area (Å²) in [6, 6.07) is 0. The van der Waals surface area contributed by atoms with E-state index in [1.165, 1.54) is 57.1 Å². The molecule has 0 fully saturated rings. The van der Waals surface area contributed by atoms with Crippen molar-refractivity contribution < 1.29 is 9.59 Å². The van der Waals surface area contributed by atoms with Crippen LogP contribution in [0.25, 0.3) is 0 Å². The van der Waals surface area contributed by atoms with Crippen LogP contribution in [0.15, 0.2) is 12.2 Å². The molecule has 3 heteroatoms. The first-order valence-corrected chi connectivity index (χ1v) is 6.23. The van der Waals surface area contributed by atoms with Gasteiger partial charge in [0.15, 0.2) is 0 Å². The molecule has 0 aromatic heterocycles. The van der Waals surface area contributed by atoms with Crippen LogP contribution in [0.1, 0.15) is 58.8 Å². The number of amides is 2. The number of nitrogens with one attached hydrogen (secondary N) is 1. The van der Waals surface area contributed by atoms with Crippen molar-refractivity contribution in [3.8, 4) is 0 Å². The first kappa shape index (κ1) is 14.9. The smallest absolute Gasteiger partial charge is 0.250 e. The van der Waals surface area contributed by atoms with Gasteiger partial charge >= 0.3 is 0 Å². The van der Waals surface area contributed by atoms with Gasteiger partial charge in [0.2, 0.25) is 0 Å². The molecule has 0 atom stereocenters. The zero-order valence-corrected chi connectivity index (χ0v) is 10.4. The molecule has 0 saturated carbocycles. The van der Waals surface area contributed by atoms with Gasteiger partial charge in [-0.3, -0.25) is 14.9 Å². The minimum atomic E-state index is -0.329. The van der Waals surface area contributed by atoms with Gasteiger partial charge in [-0.25, -0.2) is 0 Å². The zero-order valence-electron chi connectivity index (χ0n) is 10.4. The highest BCUT2D eigenvalue weighted by molar-refractivity contribution is 6.12. The fourth-order valence-electron chi connectivity index (χ4n) is 1.39. The average Bonchev–Trinajstić information content (AvgIpc) is 2.63. The summed E-state index contributed by atoms with van der Waals surface area (Å²) in [7, 11) is 0. The van der Waals surface area contributed by atoms with E-state index in [0.29, 0.717) is 0 Å². The molecule has 1 N–H and O–H groups in total. The van der Waals surface area contributed by atoms with E-state index < -0.39 is 0 Å². The Labute approximate surface area is 98.3 Å². The largest absolute Gasteiger partial charge is 0.289 e. The number of carbonyl (C=O) groups is 2. The van der Waals surface area contributed by atoms with Crippen molar-refractivity contribution in [2.75, 3.05) is 0 Å². The van der Waals surface area contributed by atoms with Crippen molar-refractivity contribution in [2.24, 2.45) is 0 Å². The van der Waals surface area contributed by atoms with Gasteiger partial charge in [-0.2, -0.15) is 0 Å². The van der Waals surface area contributed by atoms with Crippen LogP contribution in [0, 0.1) is 0 Å². The van der Waals surface area contributed by atoms with Crippen molar-refractivity contribution in [3.05, 3.63) is 12.2 Å². The molecule has 0 aromatic carbocycles. The molecule has 0 bridgehead atoms. The molecule has 0 radical (unpaired) electrons. The molecule has 1 aliphatic rings. The maximum Gasteiger partial charge on any atom is 0.250 e. The molecule has 0 aromatic rings. The number of hydrogen-bond acceptors (Lipinski definition) is 2. The van der Waals surface area contributed by atoms with Gasteiger partial charge in [-0.15, -0.1) is 0 Å². The lowest BCUT2D eigenvalue weighted by molar-refractivity contribution is -0.123. The molecule has 0 saturated heterocycles. The summed E-state index contributed by atoms with van der Waals surface area (Å²) >= 11 is 0. The molecule has 92 valence electrons. The second-order valence-corrected chi connectivity index (χ2v) is 3.95. The van der Waals surface area contributed by atoms with Crippen LogP contribution in [0.2, 0.25) is 0 Å². The number of imide groups is 1. The Kier molecular flexibility index (Phi) is 9.67. The van der Waals surface area contributed by atoms with Crippen LogP contribution >= 0.6 is 0 Å². The van der Waals surface area contributed by atoms with Crippen molar-refractivity contribution >= 4 is 11.8 Å². The molecule has 2 amide bonds. The van der Waals surface area contributed by atoms with Gasteiger partial charge in [-0.1, -0.05) is 58.8 Å². The first-order valence-electron chi connectivity index (χ1n) is 6.23. The molecule has 1 aliphatic heterocycles. The van der Waals surface area contributed by atoms with Gasteiger partial charge in [0, 0.05) is 12.2 Å². The molecular weight excluding hydrogens is 202 g/mol. The second kappa shape index (κ2) is 10.4. The lowest BCUT2D eigenvalue weighted by atomic mass is 10.1. The monoisotopic (exact) mass is 225 g/mol. The minimum Gasteiger partial charge on any atom is -0.289 e. The summed E-state index contributed by atoms with van der Waals surface area (Å²) in [6.07, 6.45) is 12.4. The lowest BCUT2D eigenvalue weighted by Crippen LogP contribution is -2.19. The van der Waals surface area contributed by atoms with Crippen molar-refractivity contribution in [3.63, 3.8) is 0 Å². The number of rotatable bonds is 6. The van der Waals surface area contributed by atoms with E-state index in [0.717, 1.165) is 0 Å². The Morgan fingerprint density at radius 3 is 1.44 bits per heavy atom.